The Labute approximate surface area is 155 Å². The minimum atomic E-state index is -1.38. The van der Waals surface area contributed by atoms with E-state index < -0.39 is 66.8 Å². The number of hydrogen-bond acceptors (Lipinski definition) is 7. The molecule has 0 aromatic heterocycles. The molecule has 152 valence electrons. The zero-order valence-electron chi connectivity index (χ0n) is 14.9. The van der Waals surface area contributed by atoms with Gasteiger partial charge in [-0.3, -0.25) is 24.0 Å². The van der Waals surface area contributed by atoms with E-state index in [1.54, 1.807) is 0 Å². The molecule has 1 rings (SSSR count). The molecule has 4 amide bonds. The number of carboxylic acid groups (broad SMARTS) is 1. The maximum absolute atomic E-state index is 12.7. The zero-order valence-corrected chi connectivity index (χ0v) is 14.9. The molecule has 27 heavy (non-hydrogen) atoms. The van der Waals surface area contributed by atoms with Crippen LogP contribution in [0.4, 0.5) is 0 Å². The molecule has 12 nitrogen and oxygen atoms in total. The van der Waals surface area contributed by atoms with Gasteiger partial charge in [-0.15, -0.1) is 0 Å². The number of rotatable bonds is 9. The summed E-state index contributed by atoms with van der Waals surface area (Å²) in [5, 5.41) is 23.0. The molecule has 1 fully saturated rings. The van der Waals surface area contributed by atoms with Crippen LogP contribution in [0.1, 0.15) is 26.2 Å². The maximum atomic E-state index is 12.7. The molecule has 0 bridgehead atoms. The average molecular weight is 387 g/mol. The van der Waals surface area contributed by atoms with E-state index in [1.807, 2.05) is 0 Å². The minimum Gasteiger partial charge on any atom is -0.480 e. The molecule has 0 saturated carbocycles. The molecular weight excluding hydrogens is 362 g/mol. The van der Waals surface area contributed by atoms with Crippen LogP contribution in [0.2, 0.25) is 0 Å². The highest BCUT2D eigenvalue weighted by Crippen LogP contribution is 2.19. The lowest BCUT2D eigenvalue weighted by molar-refractivity contribution is -0.144. The van der Waals surface area contributed by atoms with Gasteiger partial charge < -0.3 is 37.2 Å². The largest absolute Gasteiger partial charge is 0.480 e. The summed E-state index contributed by atoms with van der Waals surface area (Å²) < 4.78 is 0. The van der Waals surface area contributed by atoms with Gasteiger partial charge in [-0.2, -0.15) is 0 Å². The van der Waals surface area contributed by atoms with Crippen molar-refractivity contribution in [3.63, 3.8) is 0 Å². The van der Waals surface area contributed by atoms with E-state index in [2.05, 4.69) is 10.6 Å². The van der Waals surface area contributed by atoms with E-state index in [0.29, 0.717) is 12.8 Å². The Hall–Kier alpha value is -2.73. The van der Waals surface area contributed by atoms with Gasteiger partial charge in [0.1, 0.15) is 18.6 Å². The van der Waals surface area contributed by atoms with Gasteiger partial charge in [0.25, 0.3) is 0 Å². The van der Waals surface area contributed by atoms with E-state index in [0.717, 1.165) is 0 Å². The van der Waals surface area contributed by atoms with Gasteiger partial charge in [-0.1, -0.05) is 0 Å². The smallest absolute Gasteiger partial charge is 0.322 e. The van der Waals surface area contributed by atoms with Gasteiger partial charge in [0, 0.05) is 6.54 Å². The summed E-state index contributed by atoms with van der Waals surface area (Å²) in [6, 6.07) is -3.58. The minimum absolute atomic E-state index is 0.205. The number of primary amides is 1. The summed E-state index contributed by atoms with van der Waals surface area (Å²) in [5.74, 6) is -4.22. The topological polar surface area (TPSA) is 205 Å². The monoisotopic (exact) mass is 387 g/mol. The van der Waals surface area contributed by atoms with Crippen LogP contribution in [-0.4, -0.2) is 82.0 Å². The molecule has 0 aromatic rings. The Kier molecular flexibility index (Phi) is 8.12. The van der Waals surface area contributed by atoms with E-state index >= 15 is 0 Å². The first-order valence-corrected chi connectivity index (χ1v) is 8.37. The van der Waals surface area contributed by atoms with Crippen molar-refractivity contribution in [3.8, 4) is 0 Å². The highest BCUT2D eigenvalue weighted by molar-refractivity contribution is 5.95. The quantitative estimate of drug-likeness (QED) is 0.231. The Bertz CT molecular complexity index is 609. The molecule has 0 radical (unpaired) electrons. The predicted molar refractivity (Wildman–Crippen MR) is 90.8 cm³/mol. The number of nitrogens with zero attached hydrogens (tertiary/aromatic N) is 1. The van der Waals surface area contributed by atoms with Crippen molar-refractivity contribution in [3.05, 3.63) is 0 Å². The van der Waals surface area contributed by atoms with Gasteiger partial charge >= 0.3 is 5.97 Å². The van der Waals surface area contributed by atoms with E-state index in [9.17, 15) is 29.1 Å². The third kappa shape index (κ3) is 6.49. The molecule has 1 aliphatic heterocycles. The summed E-state index contributed by atoms with van der Waals surface area (Å²) in [7, 11) is 0. The lowest BCUT2D eigenvalue weighted by atomic mass is 10.1. The number of aliphatic carboxylic acids is 1. The SMILES string of the molecule is CC(O)C(NC(=O)C(N)CC(N)=O)C(=O)N1CCCC1C(=O)NCC(=O)O. The van der Waals surface area contributed by atoms with Crippen LogP contribution < -0.4 is 22.1 Å². The Morgan fingerprint density at radius 3 is 2.41 bits per heavy atom. The second-order valence-electron chi connectivity index (χ2n) is 6.30. The Morgan fingerprint density at radius 1 is 1.26 bits per heavy atom. The first kappa shape index (κ1) is 22.3. The molecule has 0 aromatic carbocycles. The number of aliphatic hydroxyl groups excluding tert-OH is 1. The second-order valence-corrected chi connectivity index (χ2v) is 6.30. The number of amides is 4. The zero-order chi connectivity index (χ0) is 20.7. The molecule has 1 aliphatic rings. The van der Waals surface area contributed by atoms with E-state index in [-0.39, 0.29) is 6.54 Å². The maximum Gasteiger partial charge on any atom is 0.322 e. The van der Waals surface area contributed by atoms with Gasteiger partial charge in [0.2, 0.25) is 23.6 Å². The molecule has 12 heteroatoms. The fourth-order valence-electron chi connectivity index (χ4n) is 2.72. The van der Waals surface area contributed by atoms with Crippen molar-refractivity contribution < 1.29 is 34.2 Å². The van der Waals surface area contributed by atoms with Gasteiger partial charge in [-0.25, -0.2) is 0 Å². The van der Waals surface area contributed by atoms with Crippen LogP contribution in [0.25, 0.3) is 0 Å². The summed E-state index contributed by atoms with van der Waals surface area (Å²) in [4.78, 5) is 59.5. The predicted octanol–water partition coefficient (Wildman–Crippen LogP) is -3.75. The molecule has 0 aliphatic carbocycles. The third-order valence-corrected chi connectivity index (χ3v) is 4.06. The van der Waals surface area contributed by atoms with Crippen molar-refractivity contribution in [2.75, 3.05) is 13.1 Å². The summed E-state index contributed by atoms with van der Waals surface area (Å²) in [6.07, 6.45) is -0.918. The fraction of sp³-hybridized carbons (Fsp3) is 0.667. The van der Waals surface area contributed by atoms with Crippen molar-refractivity contribution >= 4 is 29.6 Å². The standard InChI is InChI=1S/C15H25N5O7/c1-7(21)12(19-13(25)8(16)5-10(17)22)15(27)20-4-2-3-9(20)14(26)18-6-11(23)24/h7-9,12,21H,2-6,16H2,1H3,(H2,17,22)(H,18,26)(H,19,25)(H,23,24). The van der Waals surface area contributed by atoms with Gasteiger partial charge in [0.05, 0.1) is 18.6 Å². The number of nitrogens with two attached hydrogens (primary N) is 2. The van der Waals surface area contributed by atoms with Crippen molar-refractivity contribution in [2.45, 2.75) is 50.4 Å². The number of aliphatic hydroxyl groups is 1. The van der Waals surface area contributed by atoms with Crippen molar-refractivity contribution in [2.24, 2.45) is 11.5 Å². The van der Waals surface area contributed by atoms with Crippen LogP contribution in [0.5, 0.6) is 0 Å². The number of carbonyl (C=O) groups is 5. The summed E-state index contributed by atoms with van der Waals surface area (Å²) in [5.41, 5.74) is 10.5. The Balaban J connectivity index is 2.83. The Morgan fingerprint density at radius 2 is 1.89 bits per heavy atom. The molecule has 4 atom stereocenters. The number of carboxylic acids is 1. The summed E-state index contributed by atoms with van der Waals surface area (Å²) >= 11 is 0. The molecular formula is C15H25N5O7. The third-order valence-electron chi connectivity index (χ3n) is 4.06. The van der Waals surface area contributed by atoms with Crippen LogP contribution in [0.15, 0.2) is 0 Å². The van der Waals surface area contributed by atoms with E-state index in [1.165, 1.54) is 11.8 Å². The average Bonchev–Trinajstić information content (AvgIpc) is 3.05. The second kappa shape index (κ2) is 9.83. The molecule has 4 unspecified atom stereocenters. The van der Waals surface area contributed by atoms with Gasteiger partial charge in [-0.05, 0) is 19.8 Å². The lowest BCUT2D eigenvalue weighted by Gasteiger charge is -2.30. The van der Waals surface area contributed by atoms with Crippen molar-refractivity contribution in [1.82, 2.24) is 15.5 Å². The normalized spacial score (nSPS) is 19.7. The number of hydrogen-bond donors (Lipinski definition) is 6. The number of carbonyl (C=O) groups excluding carboxylic acids is 4. The number of likely N-dealkylation sites (tertiary alicyclic amines) is 1. The lowest BCUT2D eigenvalue weighted by Crippen LogP contribution is -2.59. The fourth-order valence-corrected chi connectivity index (χ4v) is 2.72. The van der Waals surface area contributed by atoms with Crippen LogP contribution in [-0.2, 0) is 24.0 Å². The first-order chi connectivity index (χ1) is 12.5. The molecule has 0 spiro atoms. The van der Waals surface area contributed by atoms with Crippen LogP contribution in [0.3, 0.4) is 0 Å². The highest BCUT2D eigenvalue weighted by Gasteiger charge is 2.39. The van der Waals surface area contributed by atoms with E-state index in [4.69, 9.17) is 16.6 Å². The molecule has 8 N–H and O–H groups in total. The highest BCUT2D eigenvalue weighted by atomic mass is 16.4. The first-order valence-electron chi connectivity index (χ1n) is 8.37. The number of nitrogens with one attached hydrogen (secondary N) is 2. The van der Waals surface area contributed by atoms with Crippen LogP contribution >= 0.6 is 0 Å². The summed E-state index contributed by atoms with van der Waals surface area (Å²) in [6.45, 7) is 0.893. The molecule has 1 heterocycles. The molecule has 1 saturated heterocycles. The van der Waals surface area contributed by atoms with Crippen molar-refractivity contribution in [1.29, 1.82) is 0 Å². The van der Waals surface area contributed by atoms with Crippen LogP contribution in [0, 0.1) is 0 Å². The van der Waals surface area contributed by atoms with Gasteiger partial charge in [0.15, 0.2) is 0 Å².